The van der Waals surface area contributed by atoms with Crippen LogP contribution in [0.5, 0.6) is 5.75 Å². The van der Waals surface area contributed by atoms with Gasteiger partial charge in [0.2, 0.25) is 5.91 Å². The molecule has 7 heteroatoms. The lowest BCUT2D eigenvalue weighted by Crippen LogP contribution is -2.37. The molecule has 1 rings (SSSR count). The van der Waals surface area contributed by atoms with Gasteiger partial charge in [-0.25, -0.2) is 0 Å². The number of carbonyl (C=O) groups is 1. The third-order valence-corrected chi connectivity index (χ3v) is 2.64. The van der Waals surface area contributed by atoms with Crippen molar-refractivity contribution in [2.24, 2.45) is 5.73 Å². The molecule has 0 bridgehead atoms. The minimum Gasteiger partial charge on any atom is -0.492 e. The molecule has 1 atom stereocenters. The van der Waals surface area contributed by atoms with E-state index >= 15 is 0 Å². The fraction of sp³-hybridized carbons (Fsp3) is 0.500. The first-order valence-electron chi connectivity index (χ1n) is 6.39. The van der Waals surface area contributed by atoms with Gasteiger partial charge in [-0.05, 0) is 27.1 Å². The van der Waals surface area contributed by atoms with Crippen molar-refractivity contribution in [2.75, 3.05) is 27.2 Å². The largest absolute Gasteiger partial charge is 0.492 e. The lowest BCUT2D eigenvalue weighted by molar-refractivity contribution is -0.122. The molecule has 5 nitrogen and oxygen atoms in total. The molecule has 122 valence electrons. The Morgan fingerprint density at radius 1 is 1.33 bits per heavy atom. The first kappa shape index (κ1) is 22.3. The molecule has 0 heterocycles. The molecule has 0 spiro atoms. The molecule has 1 aromatic rings. The van der Waals surface area contributed by atoms with Gasteiger partial charge in [-0.3, -0.25) is 4.79 Å². The molecule has 0 saturated carbocycles. The highest BCUT2D eigenvalue weighted by Gasteiger charge is 2.08. The van der Waals surface area contributed by atoms with Crippen LogP contribution in [0.1, 0.15) is 12.5 Å². The summed E-state index contributed by atoms with van der Waals surface area (Å²) in [5.74, 6) is 0.636. The second-order valence-corrected chi connectivity index (χ2v) is 4.77. The van der Waals surface area contributed by atoms with E-state index in [9.17, 15) is 4.79 Å². The predicted octanol–water partition coefficient (Wildman–Crippen LogP) is 1.43. The number of halogens is 2. The zero-order chi connectivity index (χ0) is 14.3. The van der Waals surface area contributed by atoms with Crippen molar-refractivity contribution in [3.63, 3.8) is 0 Å². The van der Waals surface area contributed by atoms with Gasteiger partial charge in [0.25, 0.3) is 0 Å². The van der Waals surface area contributed by atoms with E-state index in [1.165, 1.54) is 0 Å². The zero-order valence-corrected chi connectivity index (χ0v) is 14.3. The number of para-hydroxylation sites is 1. The summed E-state index contributed by atoms with van der Waals surface area (Å²) in [4.78, 5) is 13.5. The van der Waals surface area contributed by atoms with Crippen LogP contribution < -0.4 is 15.8 Å². The molecule has 0 radical (unpaired) electrons. The summed E-state index contributed by atoms with van der Waals surface area (Å²) in [7, 11) is 4.00. The van der Waals surface area contributed by atoms with Crippen LogP contribution in [0.3, 0.4) is 0 Å². The fourth-order valence-electron chi connectivity index (χ4n) is 1.47. The summed E-state index contributed by atoms with van der Waals surface area (Å²) in [5.41, 5.74) is 6.46. The number of ether oxygens (including phenoxy) is 1. The lowest BCUT2D eigenvalue weighted by Gasteiger charge is -2.15. The number of rotatable bonds is 7. The quantitative estimate of drug-likeness (QED) is 0.789. The van der Waals surface area contributed by atoms with Gasteiger partial charge in [-0.2, -0.15) is 0 Å². The summed E-state index contributed by atoms with van der Waals surface area (Å²) >= 11 is 0. The van der Waals surface area contributed by atoms with Crippen LogP contribution in [-0.2, 0) is 11.3 Å². The van der Waals surface area contributed by atoms with E-state index in [-0.39, 0.29) is 30.7 Å². The van der Waals surface area contributed by atoms with Crippen molar-refractivity contribution in [1.82, 2.24) is 10.2 Å². The maximum Gasteiger partial charge on any atom is 0.236 e. The van der Waals surface area contributed by atoms with E-state index in [2.05, 4.69) is 10.2 Å². The monoisotopic (exact) mass is 337 g/mol. The smallest absolute Gasteiger partial charge is 0.236 e. The minimum absolute atomic E-state index is 0. The van der Waals surface area contributed by atoms with E-state index < -0.39 is 6.04 Å². The van der Waals surface area contributed by atoms with Crippen molar-refractivity contribution < 1.29 is 9.53 Å². The third-order valence-electron chi connectivity index (χ3n) is 2.64. The molecule has 0 aliphatic rings. The van der Waals surface area contributed by atoms with Gasteiger partial charge in [0.15, 0.2) is 0 Å². The average molecular weight is 338 g/mol. The molecular formula is C14H25Cl2N3O2. The zero-order valence-electron chi connectivity index (χ0n) is 12.7. The van der Waals surface area contributed by atoms with Crippen molar-refractivity contribution in [3.05, 3.63) is 29.8 Å². The van der Waals surface area contributed by atoms with Crippen molar-refractivity contribution in [1.29, 1.82) is 0 Å². The summed E-state index contributed by atoms with van der Waals surface area (Å²) in [5, 5.41) is 2.78. The number of amides is 1. The van der Waals surface area contributed by atoms with Crippen LogP contribution in [0.15, 0.2) is 24.3 Å². The summed E-state index contributed by atoms with van der Waals surface area (Å²) in [6.07, 6.45) is 0. The lowest BCUT2D eigenvalue weighted by atomic mass is 10.2. The van der Waals surface area contributed by atoms with Crippen LogP contribution >= 0.6 is 24.8 Å². The Bertz CT molecular complexity index is 415. The van der Waals surface area contributed by atoms with Crippen molar-refractivity contribution >= 4 is 30.7 Å². The molecule has 1 amide bonds. The van der Waals surface area contributed by atoms with Gasteiger partial charge in [0.1, 0.15) is 12.4 Å². The normalized spacial score (nSPS) is 11.1. The number of hydrogen-bond acceptors (Lipinski definition) is 4. The van der Waals surface area contributed by atoms with Gasteiger partial charge in [0.05, 0.1) is 6.04 Å². The topological polar surface area (TPSA) is 67.6 Å². The first-order chi connectivity index (χ1) is 9.00. The Morgan fingerprint density at radius 2 is 1.95 bits per heavy atom. The van der Waals surface area contributed by atoms with Crippen LogP contribution in [-0.4, -0.2) is 44.1 Å². The molecule has 0 aliphatic carbocycles. The maximum absolute atomic E-state index is 11.4. The van der Waals surface area contributed by atoms with Gasteiger partial charge in [-0.15, -0.1) is 24.8 Å². The molecule has 0 aliphatic heterocycles. The summed E-state index contributed by atoms with van der Waals surface area (Å²) in [6.45, 7) is 3.55. The van der Waals surface area contributed by atoms with Crippen LogP contribution in [0.4, 0.5) is 0 Å². The highest BCUT2D eigenvalue weighted by atomic mass is 35.5. The fourth-order valence-corrected chi connectivity index (χ4v) is 1.47. The van der Waals surface area contributed by atoms with Crippen LogP contribution in [0.25, 0.3) is 0 Å². The first-order valence-corrected chi connectivity index (χ1v) is 6.39. The third kappa shape index (κ3) is 8.78. The molecule has 21 heavy (non-hydrogen) atoms. The van der Waals surface area contributed by atoms with Gasteiger partial charge in [0, 0.05) is 18.7 Å². The van der Waals surface area contributed by atoms with Crippen molar-refractivity contribution in [3.8, 4) is 5.75 Å². The Kier molecular flexibility index (Phi) is 12.3. The highest BCUT2D eigenvalue weighted by molar-refractivity contribution is 5.85. The van der Waals surface area contributed by atoms with E-state index in [0.717, 1.165) is 17.9 Å². The highest BCUT2D eigenvalue weighted by Crippen LogP contribution is 2.17. The molecule has 3 N–H and O–H groups in total. The van der Waals surface area contributed by atoms with E-state index in [1.807, 2.05) is 38.4 Å². The number of carbonyl (C=O) groups excluding carboxylic acids is 1. The maximum atomic E-state index is 11.4. The predicted molar refractivity (Wildman–Crippen MR) is 90.5 cm³/mol. The van der Waals surface area contributed by atoms with E-state index in [4.69, 9.17) is 10.5 Å². The Morgan fingerprint density at radius 3 is 2.52 bits per heavy atom. The Balaban J connectivity index is 0. The Hall–Kier alpha value is -1.01. The average Bonchev–Trinajstić information content (AvgIpc) is 2.36. The summed E-state index contributed by atoms with van der Waals surface area (Å²) in [6, 6.07) is 7.19. The van der Waals surface area contributed by atoms with Crippen molar-refractivity contribution in [2.45, 2.75) is 19.5 Å². The Labute approximate surface area is 139 Å². The second kappa shape index (κ2) is 11.6. The number of hydrogen-bond donors (Lipinski definition) is 2. The summed E-state index contributed by atoms with van der Waals surface area (Å²) < 4.78 is 5.72. The number of likely N-dealkylation sites (N-methyl/N-ethyl adjacent to an activating group) is 1. The van der Waals surface area contributed by atoms with Crippen LogP contribution in [0.2, 0.25) is 0 Å². The molecule has 0 saturated heterocycles. The second-order valence-electron chi connectivity index (χ2n) is 4.77. The number of nitrogens with one attached hydrogen (secondary N) is 1. The standard InChI is InChI=1S/C14H23N3O2.2ClH/c1-11(15)14(18)16-10-12-6-4-5-7-13(12)19-9-8-17(2)3;;/h4-7,11H,8-10,15H2,1-3H3,(H,16,18);2*1H/t11-;;/m1../s1. The van der Waals surface area contributed by atoms with Gasteiger partial charge >= 0.3 is 0 Å². The number of nitrogens with two attached hydrogens (primary N) is 1. The van der Waals surface area contributed by atoms with Gasteiger partial charge in [-0.1, -0.05) is 18.2 Å². The molecule has 0 unspecified atom stereocenters. The molecule has 1 aromatic carbocycles. The molecule has 0 fully saturated rings. The van der Waals surface area contributed by atoms with E-state index in [1.54, 1.807) is 6.92 Å². The molecular weight excluding hydrogens is 313 g/mol. The SMILES string of the molecule is C[C@@H](N)C(=O)NCc1ccccc1OCCN(C)C.Cl.Cl. The minimum atomic E-state index is -0.498. The molecule has 0 aromatic heterocycles. The van der Waals surface area contributed by atoms with Crippen LogP contribution in [0, 0.1) is 0 Å². The number of nitrogens with zero attached hydrogens (tertiary/aromatic N) is 1. The van der Waals surface area contributed by atoms with Gasteiger partial charge < -0.3 is 20.7 Å². The number of benzene rings is 1. The van der Waals surface area contributed by atoms with E-state index in [0.29, 0.717) is 13.2 Å².